The van der Waals surface area contributed by atoms with Crippen LogP contribution in [0.5, 0.6) is 5.75 Å². The number of rotatable bonds is 7. The Morgan fingerprint density at radius 1 is 1.32 bits per heavy atom. The molecule has 0 aliphatic heterocycles. The summed E-state index contributed by atoms with van der Waals surface area (Å²) in [4.78, 5) is 10.5. The molecule has 0 aromatic heterocycles. The van der Waals surface area contributed by atoms with Gasteiger partial charge in [-0.1, -0.05) is 18.2 Å². The van der Waals surface area contributed by atoms with E-state index in [1.165, 1.54) is 12.1 Å². The van der Waals surface area contributed by atoms with Gasteiger partial charge in [-0.05, 0) is 19.0 Å². The molecule has 1 aromatic rings. The molecule has 0 radical (unpaired) electrons. The number of primary amides is 1. The van der Waals surface area contributed by atoms with Crippen molar-refractivity contribution in [2.45, 2.75) is 25.7 Å². The number of carbonyl (C=O) groups is 1. The maximum atomic E-state index is 12.2. The molecule has 0 spiro atoms. The zero-order chi connectivity index (χ0) is 14.3. The van der Waals surface area contributed by atoms with Crippen LogP contribution >= 0.6 is 0 Å². The zero-order valence-electron chi connectivity index (χ0n) is 10.2. The first-order chi connectivity index (χ1) is 8.88. The SMILES string of the molecule is NC(=O)CCCNCc1ccccc1OC(F)(F)F. The molecule has 106 valence electrons. The first-order valence-electron chi connectivity index (χ1n) is 5.71. The first-order valence-corrected chi connectivity index (χ1v) is 5.71. The Labute approximate surface area is 108 Å². The molecule has 0 atom stereocenters. The molecule has 4 nitrogen and oxygen atoms in total. The van der Waals surface area contributed by atoms with E-state index in [4.69, 9.17) is 5.73 Å². The first kappa shape index (κ1) is 15.3. The molecule has 0 bridgehead atoms. The lowest BCUT2D eigenvalue weighted by Gasteiger charge is -2.13. The number of alkyl halides is 3. The molecule has 3 N–H and O–H groups in total. The number of para-hydroxylation sites is 1. The summed E-state index contributed by atoms with van der Waals surface area (Å²) in [6.45, 7) is 0.717. The maximum absolute atomic E-state index is 12.2. The highest BCUT2D eigenvalue weighted by Gasteiger charge is 2.31. The Morgan fingerprint density at radius 2 is 2.00 bits per heavy atom. The molecule has 19 heavy (non-hydrogen) atoms. The number of benzene rings is 1. The van der Waals surface area contributed by atoms with Crippen LogP contribution in [0.25, 0.3) is 0 Å². The summed E-state index contributed by atoms with van der Waals surface area (Å²) in [5.74, 6) is -0.625. The third-order valence-electron chi connectivity index (χ3n) is 2.29. The quantitative estimate of drug-likeness (QED) is 0.748. The fraction of sp³-hybridized carbons (Fsp3) is 0.417. The summed E-state index contributed by atoms with van der Waals surface area (Å²) in [7, 11) is 0. The number of hydrogen-bond donors (Lipinski definition) is 2. The van der Waals surface area contributed by atoms with Crippen molar-refractivity contribution in [2.75, 3.05) is 6.54 Å². The largest absolute Gasteiger partial charge is 0.573 e. The summed E-state index contributed by atoms with van der Waals surface area (Å²) in [6, 6.07) is 5.90. The smallest absolute Gasteiger partial charge is 0.405 e. The van der Waals surface area contributed by atoms with Crippen molar-refractivity contribution < 1.29 is 22.7 Å². The average Bonchev–Trinajstić information content (AvgIpc) is 2.28. The van der Waals surface area contributed by atoms with Crippen LogP contribution in [0.2, 0.25) is 0 Å². The van der Waals surface area contributed by atoms with Crippen LogP contribution in [0.15, 0.2) is 24.3 Å². The molecule has 1 amide bonds. The Morgan fingerprint density at radius 3 is 2.63 bits per heavy atom. The van der Waals surface area contributed by atoms with Gasteiger partial charge in [-0.15, -0.1) is 13.2 Å². The second-order valence-corrected chi connectivity index (χ2v) is 3.90. The number of hydrogen-bond acceptors (Lipinski definition) is 3. The number of ether oxygens (including phenoxy) is 1. The monoisotopic (exact) mass is 276 g/mol. The van der Waals surface area contributed by atoms with Crippen molar-refractivity contribution in [3.05, 3.63) is 29.8 Å². The molecular weight excluding hydrogens is 261 g/mol. The van der Waals surface area contributed by atoms with Crippen molar-refractivity contribution in [2.24, 2.45) is 5.73 Å². The van der Waals surface area contributed by atoms with Crippen LogP contribution in [0.3, 0.4) is 0 Å². The van der Waals surface area contributed by atoms with Gasteiger partial charge in [0.2, 0.25) is 5.91 Å². The predicted octanol–water partition coefficient (Wildman–Crippen LogP) is 1.94. The second kappa shape index (κ2) is 6.98. The van der Waals surface area contributed by atoms with E-state index in [0.29, 0.717) is 18.5 Å². The van der Waals surface area contributed by atoms with Crippen molar-refractivity contribution >= 4 is 5.91 Å². The van der Waals surface area contributed by atoms with Crippen LogP contribution in [-0.2, 0) is 11.3 Å². The minimum atomic E-state index is -4.71. The summed E-state index contributed by atoms with van der Waals surface area (Å²) in [5, 5.41) is 2.93. The van der Waals surface area contributed by atoms with E-state index >= 15 is 0 Å². The van der Waals surface area contributed by atoms with E-state index < -0.39 is 12.3 Å². The van der Waals surface area contributed by atoms with Crippen LogP contribution in [0.4, 0.5) is 13.2 Å². The molecule has 0 saturated heterocycles. The highest BCUT2D eigenvalue weighted by Crippen LogP contribution is 2.25. The van der Waals surface area contributed by atoms with Crippen molar-refractivity contribution in [1.29, 1.82) is 0 Å². The van der Waals surface area contributed by atoms with Gasteiger partial charge < -0.3 is 15.8 Å². The fourth-order valence-electron chi connectivity index (χ4n) is 1.48. The van der Waals surface area contributed by atoms with Gasteiger partial charge in [0, 0.05) is 18.5 Å². The second-order valence-electron chi connectivity index (χ2n) is 3.90. The third-order valence-corrected chi connectivity index (χ3v) is 2.29. The Balaban J connectivity index is 2.47. The highest BCUT2D eigenvalue weighted by atomic mass is 19.4. The number of nitrogens with one attached hydrogen (secondary N) is 1. The van der Waals surface area contributed by atoms with E-state index in [9.17, 15) is 18.0 Å². The molecule has 7 heteroatoms. The van der Waals surface area contributed by atoms with E-state index in [2.05, 4.69) is 10.1 Å². The van der Waals surface area contributed by atoms with Gasteiger partial charge >= 0.3 is 6.36 Å². The molecule has 0 heterocycles. The van der Waals surface area contributed by atoms with Crippen molar-refractivity contribution in [1.82, 2.24) is 5.32 Å². The lowest BCUT2D eigenvalue weighted by atomic mass is 10.2. The van der Waals surface area contributed by atoms with Crippen LogP contribution in [0, 0.1) is 0 Å². The Kier molecular flexibility index (Phi) is 5.62. The highest BCUT2D eigenvalue weighted by molar-refractivity contribution is 5.73. The fourth-order valence-corrected chi connectivity index (χ4v) is 1.48. The lowest BCUT2D eigenvalue weighted by Crippen LogP contribution is -2.21. The predicted molar refractivity (Wildman–Crippen MR) is 63.3 cm³/mol. The zero-order valence-corrected chi connectivity index (χ0v) is 10.2. The molecule has 1 aromatic carbocycles. The standard InChI is InChI=1S/C12H15F3N2O2/c13-12(14,15)19-10-5-2-1-4-9(10)8-17-7-3-6-11(16)18/h1-2,4-5,17H,3,6-8H2,(H2,16,18). The molecule has 0 unspecified atom stereocenters. The van der Waals surface area contributed by atoms with Gasteiger partial charge in [0.1, 0.15) is 5.75 Å². The van der Waals surface area contributed by atoms with Gasteiger partial charge in [-0.3, -0.25) is 4.79 Å². The van der Waals surface area contributed by atoms with Gasteiger partial charge in [-0.25, -0.2) is 0 Å². The van der Waals surface area contributed by atoms with Crippen molar-refractivity contribution in [3.63, 3.8) is 0 Å². The normalized spacial score (nSPS) is 11.3. The lowest BCUT2D eigenvalue weighted by molar-refractivity contribution is -0.274. The molecule has 0 aliphatic carbocycles. The summed E-state index contributed by atoms with van der Waals surface area (Å²) < 4.78 is 40.4. The van der Waals surface area contributed by atoms with Gasteiger partial charge in [0.15, 0.2) is 0 Å². The molecule has 0 saturated carbocycles. The molecule has 0 fully saturated rings. The van der Waals surface area contributed by atoms with Gasteiger partial charge in [0.05, 0.1) is 0 Å². The van der Waals surface area contributed by atoms with E-state index in [1.807, 2.05) is 0 Å². The van der Waals surface area contributed by atoms with Crippen LogP contribution in [0.1, 0.15) is 18.4 Å². The molecular formula is C12H15F3N2O2. The number of halogens is 3. The average molecular weight is 276 g/mol. The topological polar surface area (TPSA) is 64.4 Å². The van der Waals surface area contributed by atoms with E-state index in [-0.39, 0.29) is 18.7 Å². The summed E-state index contributed by atoms with van der Waals surface area (Å²) in [6.07, 6.45) is -3.92. The minimum absolute atomic E-state index is 0.225. The van der Waals surface area contributed by atoms with Gasteiger partial charge in [0.25, 0.3) is 0 Å². The number of amides is 1. The summed E-state index contributed by atoms with van der Waals surface area (Å²) >= 11 is 0. The van der Waals surface area contributed by atoms with E-state index in [0.717, 1.165) is 0 Å². The summed E-state index contributed by atoms with van der Waals surface area (Å²) in [5.41, 5.74) is 5.37. The third kappa shape index (κ3) is 6.66. The van der Waals surface area contributed by atoms with Crippen LogP contribution in [-0.4, -0.2) is 18.8 Å². The number of carbonyl (C=O) groups excluding carboxylic acids is 1. The molecule has 1 rings (SSSR count). The number of nitrogens with two attached hydrogens (primary N) is 1. The Bertz CT molecular complexity index is 422. The Hall–Kier alpha value is -1.76. The van der Waals surface area contributed by atoms with E-state index in [1.54, 1.807) is 12.1 Å². The minimum Gasteiger partial charge on any atom is -0.405 e. The van der Waals surface area contributed by atoms with Crippen molar-refractivity contribution in [3.8, 4) is 5.75 Å². The van der Waals surface area contributed by atoms with Gasteiger partial charge in [-0.2, -0.15) is 0 Å². The van der Waals surface area contributed by atoms with Crippen LogP contribution < -0.4 is 15.8 Å². The maximum Gasteiger partial charge on any atom is 0.573 e. The molecule has 0 aliphatic rings.